The highest BCUT2D eigenvalue weighted by Gasteiger charge is 2.08. The van der Waals surface area contributed by atoms with Crippen molar-refractivity contribution in [1.29, 1.82) is 0 Å². The molecule has 34 heavy (non-hydrogen) atoms. The monoisotopic (exact) mass is 474 g/mol. The number of hydrazone groups is 1. The van der Waals surface area contributed by atoms with Gasteiger partial charge in [-0.3, -0.25) is 4.79 Å². The number of carbonyl (C=O) groups is 1. The number of hydrogen-bond acceptors (Lipinski definition) is 6. The van der Waals surface area contributed by atoms with Crippen molar-refractivity contribution < 1.29 is 14.3 Å². The zero-order valence-corrected chi connectivity index (χ0v) is 19.9. The number of amides is 1. The molecule has 0 saturated carbocycles. The number of ether oxygens (including phenoxy) is 2. The minimum absolute atomic E-state index is 0.202. The van der Waals surface area contributed by atoms with E-state index in [-0.39, 0.29) is 11.7 Å². The molecule has 1 aromatic heterocycles. The summed E-state index contributed by atoms with van der Waals surface area (Å²) in [5, 5.41) is 4.76. The number of aromatic amines is 1. The number of carbonyl (C=O) groups excluding carboxylic acids is 1. The molecule has 8 heteroatoms. The van der Waals surface area contributed by atoms with Crippen molar-refractivity contribution in [2.24, 2.45) is 5.10 Å². The van der Waals surface area contributed by atoms with Crippen molar-refractivity contribution in [3.8, 4) is 11.5 Å². The highest BCUT2D eigenvalue weighted by Crippen LogP contribution is 2.29. The second kappa shape index (κ2) is 11.4. The van der Waals surface area contributed by atoms with E-state index in [0.29, 0.717) is 29.9 Å². The number of fused-ring (bicyclic) bond motifs is 1. The van der Waals surface area contributed by atoms with E-state index in [1.807, 2.05) is 61.5 Å². The maximum absolute atomic E-state index is 12.2. The Kier molecular flexibility index (Phi) is 7.83. The summed E-state index contributed by atoms with van der Waals surface area (Å²) < 4.78 is 11.7. The van der Waals surface area contributed by atoms with Crippen molar-refractivity contribution in [3.05, 3.63) is 83.4 Å². The van der Waals surface area contributed by atoms with Crippen LogP contribution in [0.25, 0.3) is 11.0 Å². The minimum Gasteiger partial charge on any atom is -0.490 e. The van der Waals surface area contributed by atoms with Gasteiger partial charge in [0.15, 0.2) is 16.7 Å². The summed E-state index contributed by atoms with van der Waals surface area (Å²) >= 11 is 1.33. The van der Waals surface area contributed by atoms with Gasteiger partial charge in [0, 0.05) is 0 Å². The second-order valence-corrected chi connectivity index (χ2v) is 8.52. The van der Waals surface area contributed by atoms with E-state index in [1.165, 1.54) is 17.3 Å². The number of aryl methyl sites for hydroxylation is 1. The van der Waals surface area contributed by atoms with E-state index in [9.17, 15) is 4.79 Å². The Morgan fingerprint density at radius 3 is 2.71 bits per heavy atom. The number of aromatic nitrogens is 2. The molecule has 0 atom stereocenters. The van der Waals surface area contributed by atoms with Gasteiger partial charge in [-0.1, -0.05) is 53.7 Å². The van der Waals surface area contributed by atoms with Crippen LogP contribution in [0.5, 0.6) is 11.5 Å². The molecule has 0 unspecified atom stereocenters. The molecule has 0 radical (unpaired) electrons. The molecule has 4 rings (SSSR count). The minimum atomic E-state index is -0.218. The molecule has 1 heterocycles. The molecule has 0 aliphatic carbocycles. The van der Waals surface area contributed by atoms with E-state index in [0.717, 1.165) is 22.2 Å². The van der Waals surface area contributed by atoms with Gasteiger partial charge in [-0.05, 0) is 55.3 Å². The van der Waals surface area contributed by atoms with Crippen LogP contribution in [0, 0.1) is 6.92 Å². The number of rotatable bonds is 10. The number of benzene rings is 3. The quantitative estimate of drug-likeness (QED) is 0.190. The molecule has 0 aliphatic rings. The highest BCUT2D eigenvalue weighted by atomic mass is 32.2. The standard InChI is InChI=1S/C26H26N4O3S/c1-3-32-24-14-20(12-13-23(24)33-16-19-10-8-18(2)9-11-19)15-27-30-25(31)17-34-26-28-21-6-4-5-7-22(21)29-26/h4-15H,3,16-17H2,1-2H3,(H,28,29)(H,30,31)/b27-15+. The molecule has 4 aromatic rings. The predicted octanol–water partition coefficient (Wildman–Crippen LogP) is 5.09. The molecular formula is C26H26N4O3S. The van der Waals surface area contributed by atoms with Gasteiger partial charge >= 0.3 is 0 Å². The average molecular weight is 475 g/mol. The maximum atomic E-state index is 12.2. The van der Waals surface area contributed by atoms with Crippen LogP contribution in [0.2, 0.25) is 0 Å². The van der Waals surface area contributed by atoms with Crippen LogP contribution < -0.4 is 14.9 Å². The lowest BCUT2D eigenvalue weighted by Crippen LogP contribution is -2.19. The molecular weight excluding hydrogens is 448 g/mol. The number of nitrogens with zero attached hydrogens (tertiary/aromatic N) is 2. The van der Waals surface area contributed by atoms with Crippen LogP contribution in [0.1, 0.15) is 23.6 Å². The summed E-state index contributed by atoms with van der Waals surface area (Å²) in [5.41, 5.74) is 7.45. The van der Waals surface area contributed by atoms with Crippen LogP contribution in [-0.4, -0.2) is 34.4 Å². The Hall–Kier alpha value is -3.78. The zero-order chi connectivity index (χ0) is 23.8. The third-order valence-electron chi connectivity index (χ3n) is 4.89. The van der Waals surface area contributed by atoms with Crippen LogP contribution in [0.3, 0.4) is 0 Å². The van der Waals surface area contributed by atoms with Gasteiger partial charge < -0.3 is 14.5 Å². The van der Waals surface area contributed by atoms with Gasteiger partial charge in [0.2, 0.25) is 0 Å². The van der Waals surface area contributed by atoms with E-state index in [2.05, 4.69) is 39.6 Å². The first-order valence-electron chi connectivity index (χ1n) is 11.0. The first-order chi connectivity index (χ1) is 16.6. The largest absolute Gasteiger partial charge is 0.490 e. The van der Waals surface area contributed by atoms with Gasteiger partial charge in [0.05, 0.1) is 29.6 Å². The average Bonchev–Trinajstić information content (AvgIpc) is 3.27. The Labute approximate surface area is 202 Å². The summed E-state index contributed by atoms with van der Waals surface area (Å²) in [6.07, 6.45) is 1.58. The fraction of sp³-hybridized carbons (Fsp3) is 0.192. The summed E-state index contributed by atoms with van der Waals surface area (Å²) in [6.45, 7) is 4.94. The molecule has 3 aromatic carbocycles. The molecule has 0 saturated heterocycles. The van der Waals surface area contributed by atoms with Crippen molar-refractivity contribution in [3.63, 3.8) is 0 Å². The fourth-order valence-corrected chi connectivity index (χ4v) is 3.86. The Morgan fingerprint density at radius 1 is 1.09 bits per heavy atom. The van der Waals surface area contributed by atoms with Gasteiger partial charge in [-0.25, -0.2) is 10.4 Å². The smallest absolute Gasteiger partial charge is 0.250 e. The summed E-state index contributed by atoms with van der Waals surface area (Å²) in [4.78, 5) is 19.8. The number of hydrogen-bond donors (Lipinski definition) is 2. The van der Waals surface area contributed by atoms with E-state index >= 15 is 0 Å². The van der Waals surface area contributed by atoms with Crippen LogP contribution in [0.4, 0.5) is 0 Å². The predicted molar refractivity (Wildman–Crippen MR) is 136 cm³/mol. The Morgan fingerprint density at radius 2 is 1.91 bits per heavy atom. The number of nitrogens with one attached hydrogen (secondary N) is 2. The molecule has 0 spiro atoms. The van der Waals surface area contributed by atoms with Crippen LogP contribution in [0.15, 0.2) is 77.0 Å². The molecule has 7 nitrogen and oxygen atoms in total. The third kappa shape index (κ3) is 6.39. The molecule has 0 fully saturated rings. The second-order valence-electron chi connectivity index (χ2n) is 7.55. The zero-order valence-electron chi connectivity index (χ0n) is 19.1. The van der Waals surface area contributed by atoms with Crippen molar-refractivity contribution in [2.45, 2.75) is 25.6 Å². The fourth-order valence-electron chi connectivity index (χ4n) is 3.18. The highest BCUT2D eigenvalue weighted by molar-refractivity contribution is 7.99. The lowest BCUT2D eigenvalue weighted by molar-refractivity contribution is -0.118. The van der Waals surface area contributed by atoms with Crippen LogP contribution >= 0.6 is 11.8 Å². The number of thioether (sulfide) groups is 1. The first-order valence-corrected chi connectivity index (χ1v) is 11.9. The summed E-state index contributed by atoms with van der Waals surface area (Å²) in [5.74, 6) is 1.27. The maximum Gasteiger partial charge on any atom is 0.250 e. The topological polar surface area (TPSA) is 88.6 Å². The van der Waals surface area contributed by atoms with E-state index in [4.69, 9.17) is 9.47 Å². The van der Waals surface area contributed by atoms with Gasteiger partial charge in [-0.15, -0.1) is 0 Å². The molecule has 1 amide bonds. The van der Waals surface area contributed by atoms with E-state index in [1.54, 1.807) is 6.21 Å². The summed E-state index contributed by atoms with van der Waals surface area (Å²) in [6, 6.07) is 21.5. The SMILES string of the molecule is CCOc1cc(/C=N/NC(=O)CSc2nc3ccccc3[nH]2)ccc1OCc1ccc(C)cc1. The number of imidazole rings is 1. The van der Waals surface area contributed by atoms with E-state index < -0.39 is 0 Å². The third-order valence-corrected chi connectivity index (χ3v) is 5.77. The molecule has 174 valence electrons. The molecule has 0 bridgehead atoms. The Balaban J connectivity index is 1.31. The van der Waals surface area contributed by atoms with Gasteiger partial charge in [-0.2, -0.15) is 5.10 Å². The first kappa shape index (κ1) is 23.4. The van der Waals surface area contributed by atoms with Crippen LogP contribution in [-0.2, 0) is 11.4 Å². The van der Waals surface area contributed by atoms with Gasteiger partial charge in [0.1, 0.15) is 6.61 Å². The normalized spacial score (nSPS) is 11.1. The summed E-state index contributed by atoms with van der Waals surface area (Å²) in [7, 11) is 0. The lowest BCUT2D eigenvalue weighted by Gasteiger charge is -2.12. The molecule has 2 N–H and O–H groups in total. The Bertz CT molecular complexity index is 1250. The number of para-hydroxylation sites is 2. The van der Waals surface area contributed by atoms with Crippen molar-refractivity contribution in [2.75, 3.05) is 12.4 Å². The lowest BCUT2D eigenvalue weighted by atomic mass is 10.2. The number of H-pyrrole nitrogens is 1. The van der Waals surface area contributed by atoms with Crippen molar-refractivity contribution in [1.82, 2.24) is 15.4 Å². The molecule has 0 aliphatic heterocycles. The van der Waals surface area contributed by atoms with Crippen molar-refractivity contribution >= 4 is 34.9 Å². The van der Waals surface area contributed by atoms with Gasteiger partial charge in [0.25, 0.3) is 5.91 Å².